The Hall–Kier alpha value is 0.180. The molecule has 12 heteroatoms. The molecule has 1 aliphatic rings. The fourth-order valence-corrected chi connectivity index (χ4v) is 2.19. The van der Waals surface area contributed by atoms with Crippen LogP contribution in [0.1, 0.15) is 6.92 Å². The van der Waals surface area contributed by atoms with Gasteiger partial charge in [-0.1, -0.05) is 0 Å². The van der Waals surface area contributed by atoms with Crippen LogP contribution in [0.3, 0.4) is 0 Å². The third-order valence-electron chi connectivity index (χ3n) is 2.40. The second-order valence-corrected chi connectivity index (χ2v) is 4.91. The number of hydrogen-bond acceptors (Lipinski definition) is 9. The Morgan fingerprint density at radius 3 is 2.40 bits per heavy atom. The summed E-state index contributed by atoms with van der Waals surface area (Å²) < 4.78 is 38.8. The van der Waals surface area contributed by atoms with Gasteiger partial charge in [-0.2, -0.15) is 8.42 Å². The molecule has 0 unspecified atom stereocenters. The van der Waals surface area contributed by atoms with Gasteiger partial charge in [-0.25, -0.2) is 4.18 Å². The summed E-state index contributed by atoms with van der Waals surface area (Å²) in [6.45, 7) is 0.261. The molecule has 0 amide bonds. The van der Waals surface area contributed by atoms with Crippen LogP contribution >= 0.6 is 0 Å². The third kappa shape index (κ3) is 5.52. The average Bonchev–Trinajstić information content (AvgIpc) is 2.26. The summed E-state index contributed by atoms with van der Waals surface area (Å²) in [5, 5.41) is 39.1. The van der Waals surface area contributed by atoms with Gasteiger partial charge in [0.25, 0.3) is 0 Å². The minimum Gasteiger partial charge on any atom is -0.862 e. The van der Waals surface area contributed by atoms with Crippen molar-refractivity contribution in [3.63, 3.8) is 0 Å². The van der Waals surface area contributed by atoms with Crippen molar-refractivity contribution in [1.82, 2.24) is 0 Å². The van der Waals surface area contributed by atoms with Crippen LogP contribution in [0.2, 0.25) is 0 Å². The van der Waals surface area contributed by atoms with E-state index in [9.17, 15) is 23.7 Å². The molecule has 5 atom stereocenters. The quantitative estimate of drug-likeness (QED) is 0.170. The maximum Gasteiger partial charge on any atom is 1.00 e. The Morgan fingerprint density at radius 2 is 2.00 bits per heavy atom. The van der Waals surface area contributed by atoms with Gasteiger partial charge in [-0.3, -0.25) is 9.55 Å². The molecule has 10 nitrogen and oxygen atoms in total. The topological polar surface area (TPSA) is 169 Å². The van der Waals surface area contributed by atoms with Crippen molar-refractivity contribution < 1.29 is 71.9 Å². The molecule has 0 saturated carbocycles. The maximum atomic E-state index is 10.8. The van der Waals surface area contributed by atoms with E-state index in [1.54, 1.807) is 0 Å². The van der Waals surface area contributed by atoms with Gasteiger partial charge in [-0.15, -0.1) is 0 Å². The first-order valence-corrected chi connectivity index (χ1v) is 6.51. The molecule has 1 saturated heterocycles. The van der Waals surface area contributed by atoms with Crippen LogP contribution in [0.15, 0.2) is 4.99 Å². The summed E-state index contributed by atoms with van der Waals surface area (Å²) in [5.41, 5.74) is 0. The van der Waals surface area contributed by atoms with Crippen LogP contribution in [0, 0.1) is 0 Å². The Labute approximate surface area is 137 Å². The number of aliphatic hydroxyl groups excluding tert-OH is 3. The zero-order valence-corrected chi connectivity index (χ0v) is 13.6. The Morgan fingerprint density at radius 1 is 1.45 bits per heavy atom. The maximum absolute atomic E-state index is 10.8. The van der Waals surface area contributed by atoms with Crippen LogP contribution in [-0.4, -0.2) is 71.4 Å². The van der Waals surface area contributed by atoms with E-state index in [-0.39, 0.29) is 29.6 Å². The molecule has 0 radical (unpaired) electrons. The summed E-state index contributed by atoms with van der Waals surface area (Å²) in [6, 6.07) is -1.49. The molecule has 20 heavy (non-hydrogen) atoms. The van der Waals surface area contributed by atoms with Crippen molar-refractivity contribution in [3.8, 4) is 0 Å². The monoisotopic (exact) mass is 323 g/mol. The summed E-state index contributed by atoms with van der Waals surface area (Å²) in [6.07, 6.45) is -6.62. The smallest absolute Gasteiger partial charge is 0.862 e. The molecular formula is C8H14NNaO9S. The van der Waals surface area contributed by atoms with Gasteiger partial charge in [-0.05, 0) is 12.8 Å². The molecule has 0 spiro atoms. The number of aliphatic imine (C=N–C) groups is 1. The van der Waals surface area contributed by atoms with Crippen molar-refractivity contribution in [1.29, 1.82) is 0 Å². The van der Waals surface area contributed by atoms with Crippen LogP contribution in [-0.2, 0) is 19.3 Å². The van der Waals surface area contributed by atoms with Gasteiger partial charge in [0.15, 0.2) is 6.29 Å². The van der Waals surface area contributed by atoms with E-state index >= 15 is 0 Å². The number of ether oxygens (including phenoxy) is 1. The van der Waals surface area contributed by atoms with E-state index in [0.29, 0.717) is 0 Å². The zero-order chi connectivity index (χ0) is 14.8. The molecule has 1 aliphatic heterocycles. The summed E-state index contributed by atoms with van der Waals surface area (Å²) in [7, 11) is -4.93. The summed E-state index contributed by atoms with van der Waals surface area (Å²) in [5.74, 6) is -0.736. The molecule has 1 fully saturated rings. The molecule has 0 aromatic rings. The van der Waals surface area contributed by atoms with Gasteiger partial charge in [0.05, 0.1) is 6.61 Å². The van der Waals surface area contributed by atoms with E-state index in [4.69, 9.17) is 14.4 Å². The normalized spacial score (nSPS) is 35.5. The van der Waals surface area contributed by atoms with Crippen molar-refractivity contribution in [2.75, 3.05) is 6.61 Å². The predicted molar refractivity (Wildman–Crippen MR) is 57.3 cm³/mol. The van der Waals surface area contributed by atoms with Crippen molar-refractivity contribution in [2.24, 2.45) is 4.99 Å². The van der Waals surface area contributed by atoms with Gasteiger partial charge in [0, 0.05) is 0 Å². The van der Waals surface area contributed by atoms with Crippen LogP contribution in [0.4, 0.5) is 0 Å². The zero-order valence-electron chi connectivity index (χ0n) is 10.8. The van der Waals surface area contributed by atoms with Crippen LogP contribution in [0.25, 0.3) is 0 Å². The predicted octanol–water partition coefficient (Wildman–Crippen LogP) is -6.60. The second kappa shape index (κ2) is 7.98. The van der Waals surface area contributed by atoms with Crippen molar-refractivity contribution >= 4 is 16.3 Å². The van der Waals surface area contributed by atoms with E-state index in [2.05, 4.69) is 9.18 Å². The largest absolute Gasteiger partial charge is 1.00 e. The van der Waals surface area contributed by atoms with Crippen LogP contribution < -0.4 is 34.7 Å². The van der Waals surface area contributed by atoms with Gasteiger partial charge < -0.3 is 25.2 Å². The van der Waals surface area contributed by atoms with Crippen LogP contribution in [0.5, 0.6) is 0 Å². The molecule has 1 rings (SSSR count). The molecule has 0 aliphatic carbocycles. The fourth-order valence-electron chi connectivity index (χ4n) is 1.68. The SMILES string of the molecule is CC([O-])=N[C@@H]1[C@@H](O)[C@@H](OS(=O)(=O)O)[C@@H](CO)O[C@H]1O.[Na+]. The Bertz CT molecular complexity index is 437. The third-order valence-corrected chi connectivity index (χ3v) is 2.87. The Kier molecular flexibility index (Phi) is 8.05. The number of rotatable bonds is 4. The minimum absolute atomic E-state index is 0. The first-order valence-electron chi connectivity index (χ1n) is 5.15. The summed E-state index contributed by atoms with van der Waals surface area (Å²) >= 11 is 0. The molecule has 0 bridgehead atoms. The summed E-state index contributed by atoms with van der Waals surface area (Å²) in [4.78, 5) is 3.35. The van der Waals surface area contributed by atoms with E-state index in [1.165, 1.54) is 0 Å². The van der Waals surface area contributed by atoms with Gasteiger partial charge in [0.2, 0.25) is 0 Å². The molecule has 1 heterocycles. The van der Waals surface area contributed by atoms with E-state index in [1.807, 2.05) is 0 Å². The molecule has 0 aromatic carbocycles. The fraction of sp³-hybridized carbons (Fsp3) is 0.875. The molecule has 0 aromatic heterocycles. The first-order chi connectivity index (χ1) is 8.65. The Balaban J connectivity index is 0.00000361. The van der Waals surface area contributed by atoms with Gasteiger partial charge in [0.1, 0.15) is 24.4 Å². The average molecular weight is 323 g/mol. The van der Waals surface area contributed by atoms with E-state index in [0.717, 1.165) is 6.92 Å². The second-order valence-electron chi connectivity index (χ2n) is 3.87. The van der Waals surface area contributed by atoms with Crippen molar-refractivity contribution in [3.05, 3.63) is 0 Å². The molecule has 112 valence electrons. The van der Waals surface area contributed by atoms with E-state index < -0.39 is 53.5 Å². The number of nitrogens with zero attached hydrogens (tertiary/aromatic N) is 1. The number of hydrogen-bond donors (Lipinski definition) is 4. The molecule has 4 N–H and O–H groups in total. The molecular weight excluding hydrogens is 309 g/mol. The minimum atomic E-state index is -4.93. The standard InChI is InChI=1S/C8H15NO9S.Na/c1-3(11)9-5-6(12)7(18-19(14,15)16)4(2-10)17-8(5)13;/h4-8,10,12-13H,2H2,1H3,(H,9,11)(H,14,15,16);/q;+1/p-1/t4-,5-,6-,7+,8-;/m1./s1. The first kappa shape index (κ1) is 20.2. The van der Waals surface area contributed by atoms with Crippen molar-refractivity contribution in [2.45, 2.75) is 37.6 Å². The van der Waals surface area contributed by atoms with Gasteiger partial charge >= 0.3 is 40.0 Å². The number of aliphatic hydroxyl groups is 3.